The Balaban J connectivity index is 1.75. The summed E-state index contributed by atoms with van der Waals surface area (Å²) in [6.45, 7) is -1.47. The number of amides is 2. The van der Waals surface area contributed by atoms with E-state index in [1.165, 1.54) is 35.0 Å². The molecule has 0 fully saturated rings. The third kappa shape index (κ3) is 12.1. The maximum absolute atomic E-state index is 14.5. The number of carbonyl (C=O) groups excluding carboxylic acids is 2. The van der Waals surface area contributed by atoms with Crippen LogP contribution in [-0.2, 0) is 9.59 Å². The summed E-state index contributed by atoms with van der Waals surface area (Å²) in [5.74, 6) is -25.8. The summed E-state index contributed by atoms with van der Waals surface area (Å²) in [5.41, 5.74) is -1.39. The summed E-state index contributed by atoms with van der Waals surface area (Å²) in [6, 6.07) is 5.53. The highest BCUT2D eigenvalue weighted by Crippen LogP contribution is 2.50. The minimum absolute atomic E-state index is 0.102. The molecule has 0 atom stereocenters. The third-order valence-electron chi connectivity index (χ3n) is 10.6. The quantitative estimate of drug-likeness (QED) is 0.110. The fraction of sp³-hybridized carbons (Fsp3) is 0.632. The molecule has 0 bridgehead atoms. The molecule has 2 aromatic heterocycles. The molecule has 64 heavy (non-hydrogen) atoms. The van der Waals surface area contributed by atoms with Gasteiger partial charge in [0.2, 0.25) is 0 Å². The lowest BCUT2D eigenvalue weighted by atomic mass is 9.92. The van der Waals surface area contributed by atoms with Gasteiger partial charge in [0.25, 0.3) is 11.8 Å². The van der Waals surface area contributed by atoms with Gasteiger partial charge in [0.15, 0.2) is 0 Å². The van der Waals surface area contributed by atoms with Crippen LogP contribution in [0.4, 0.5) is 87.8 Å². The van der Waals surface area contributed by atoms with Gasteiger partial charge in [-0.25, -0.2) is 0 Å². The predicted molar refractivity (Wildman–Crippen MR) is 192 cm³/mol. The van der Waals surface area contributed by atoms with E-state index in [1.54, 1.807) is 0 Å². The highest BCUT2D eigenvalue weighted by atomic mass is 32.1. The molecule has 4 rings (SSSR count). The fourth-order valence-electron chi connectivity index (χ4n) is 7.27. The van der Waals surface area contributed by atoms with E-state index >= 15 is 0 Å². The molecule has 0 aromatic carbocycles. The van der Waals surface area contributed by atoms with E-state index in [9.17, 15) is 97.4 Å². The second-order valence-electron chi connectivity index (χ2n) is 15.3. The summed E-state index contributed by atoms with van der Waals surface area (Å²) in [5, 5.41) is 2.87. The minimum atomic E-state index is -6.01. The van der Waals surface area contributed by atoms with Gasteiger partial charge in [-0.05, 0) is 86.1 Å². The van der Waals surface area contributed by atoms with Crippen molar-refractivity contribution in [1.82, 2.24) is 9.80 Å². The van der Waals surface area contributed by atoms with Crippen molar-refractivity contribution in [1.29, 1.82) is 0 Å². The van der Waals surface area contributed by atoms with Gasteiger partial charge in [0, 0.05) is 38.8 Å². The van der Waals surface area contributed by atoms with E-state index in [1.807, 2.05) is 0 Å². The Morgan fingerprint density at radius 1 is 0.422 bits per heavy atom. The maximum atomic E-state index is 14.5. The number of hydrogen-bond donors (Lipinski definition) is 0. The van der Waals surface area contributed by atoms with Crippen molar-refractivity contribution in [3.8, 4) is 0 Å². The molecular weight excluding hydrogens is 961 g/mol. The van der Waals surface area contributed by atoms with Gasteiger partial charge >= 0.3 is 48.4 Å². The van der Waals surface area contributed by atoms with Crippen LogP contribution in [0, 0.1) is 11.8 Å². The molecule has 2 aliphatic heterocycles. The molecule has 26 heteroatoms. The average molecular weight is 997 g/mol. The van der Waals surface area contributed by atoms with Crippen molar-refractivity contribution in [3.05, 3.63) is 55.9 Å². The molecule has 0 aliphatic carbocycles. The molecule has 0 spiro atoms. The molecule has 0 saturated heterocycles. The van der Waals surface area contributed by atoms with E-state index in [4.69, 9.17) is 0 Å². The summed E-state index contributed by atoms with van der Waals surface area (Å²) in [4.78, 5) is 31.0. The molecule has 0 unspecified atom stereocenters. The molecule has 2 aliphatic rings. The van der Waals surface area contributed by atoms with E-state index in [2.05, 4.69) is 0 Å². The molecule has 0 radical (unpaired) electrons. The van der Waals surface area contributed by atoms with Crippen molar-refractivity contribution in [2.24, 2.45) is 11.8 Å². The molecule has 2 aromatic rings. The second-order valence-corrected chi connectivity index (χ2v) is 17.2. The van der Waals surface area contributed by atoms with Crippen LogP contribution in [0.15, 0.2) is 46.2 Å². The zero-order chi connectivity index (χ0) is 48.5. The Kier molecular flexibility index (Phi) is 16.0. The van der Waals surface area contributed by atoms with Crippen LogP contribution in [0.5, 0.6) is 0 Å². The number of halogens is 20. The number of thiophene rings is 2. The standard InChI is InChI=1S/C38H36F20N2O2S2/c39-31(40,35(47,48)49)13-1-7-21(8-2-14-32(41,42)36(50,51)52)19-59-27(23-11-5-17-63-23)25-26(29(59)61)28(24-12-6-18-64-24)60(30(25)62)20-22(9-3-15-33(43,44)37(53,54)55)10-4-16-34(45,46)38(56,57)58/h5-6,11-12,17-18,21-22H,1-4,7-10,13-16,19-20H2. The highest BCUT2D eigenvalue weighted by Gasteiger charge is 2.59. The normalized spacial score (nSPS) is 16.5. The lowest BCUT2D eigenvalue weighted by molar-refractivity contribution is -0.285. The summed E-state index contributed by atoms with van der Waals surface area (Å²) in [7, 11) is 0. The first-order chi connectivity index (χ1) is 29.1. The van der Waals surface area contributed by atoms with Crippen molar-refractivity contribution in [3.63, 3.8) is 0 Å². The first-order valence-electron chi connectivity index (χ1n) is 19.1. The van der Waals surface area contributed by atoms with Crippen molar-refractivity contribution >= 4 is 45.9 Å². The largest absolute Gasteiger partial charge is 0.453 e. The lowest BCUT2D eigenvalue weighted by Gasteiger charge is -2.30. The highest BCUT2D eigenvalue weighted by molar-refractivity contribution is 7.11. The Bertz CT molecular complexity index is 1760. The van der Waals surface area contributed by atoms with Gasteiger partial charge < -0.3 is 9.80 Å². The predicted octanol–water partition coefficient (Wildman–Crippen LogP) is 14.3. The van der Waals surface area contributed by atoms with Crippen LogP contribution in [0.3, 0.4) is 0 Å². The van der Waals surface area contributed by atoms with Crippen molar-refractivity contribution in [2.45, 2.75) is 125 Å². The van der Waals surface area contributed by atoms with Gasteiger partial charge in [0.1, 0.15) is 0 Å². The average Bonchev–Trinajstić information content (AvgIpc) is 3.95. The molecule has 2 amide bonds. The third-order valence-corrected chi connectivity index (χ3v) is 12.4. The Labute approximate surface area is 358 Å². The number of alkyl halides is 20. The van der Waals surface area contributed by atoms with E-state index < -0.39 is 173 Å². The minimum Gasteiger partial charge on any atom is -0.306 e. The smallest absolute Gasteiger partial charge is 0.306 e. The SMILES string of the molecule is O=C1C2=C(c3cccs3)N(CC(CCCC(F)(F)C(F)(F)F)CCCC(F)(F)C(F)(F)F)C(=O)C2=C(c2cccs2)N1CC(CCCC(F)(F)C(F)(F)F)CCCC(F)(F)C(F)(F)F. The van der Waals surface area contributed by atoms with Crippen LogP contribution in [0.2, 0.25) is 0 Å². The van der Waals surface area contributed by atoms with Crippen LogP contribution in [0.25, 0.3) is 11.4 Å². The first-order valence-corrected chi connectivity index (χ1v) is 20.9. The van der Waals surface area contributed by atoms with Crippen LogP contribution in [-0.4, -0.2) is 83.1 Å². The summed E-state index contributed by atoms with van der Waals surface area (Å²) in [6.07, 6.45) is -38.0. The zero-order valence-corrected chi connectivity index (χ0v) is 34.2. The van der Waals surface area contributed by atoms with Crippen LogP contribution < -0.4 is 0 Å². The summed E-state index contributed by atoms with van der Waals surface area (Å²) < 4.78 is 266. The number of hydrogen-bond acceptors (Lipinski definition) is 4. The first kappa shape index (κ1) is 53.0. The van der Waals surface area contributed by atoms with Crippen LogP contribution in [0.1, 0.15) is 86.8 Å². The van der Waals surface area contributed by atoms with Gasteiger partial charge in [-0.15, -0.1) is 22.7 Å². The monoisotopic (exact) mass is 996 g/mol. The number of rotatable bonds is 22. The van der Waals surface area contributed by atoms with E-state index in [0.29, 0.717) is 0 Å². The van der Waals surface area contributed by atoms with Gasteiger partial charge in [0.05, 0.1) is 32.3 Å². The zero-order valence-electron chi connectivity index (χ0n) is 32.6. The van der Waals surface area contributed by atoms with E-state index in [-0.39, 0.29) is 21.1 Å². The van der Waals surface area contributed by atoms with Gasteiger partial charge in [-0.2, -0.15) is 87.8 Å². The Morgan fingerprint density at radius 2 is 0.672 bits per heavy atom. The summed E-state index contributed by atoms with van der Waals surface area (Å²) >= 11 is 1.76. The van der Waals surface area contributed by atoms with Crippen molar-refractivity contribution < 1.29 is 97.4 Å². The van der Waals surface area contributed by atoms with Crippen LogP contribution >= 0.6 is 22.7 Å². The number of nitrogens with zero attached hydrogens (tertiary/aromatic N) is 2. The lowest BCUT2D eigenvalue weighted by Crippen LogP contribution is -2.37. The Hall–Kier alpha value is -3.58. The molecule has 4 heterocycles. The van der Waals surface area contributed by atoms with Gasteiger partial charge in [-0.1, -0.05) is 12.1 Å². The Morgan fingerprint density at radius 3 is 0.875 bits per heavy atom. The number of fused-ring (bicyclic) bond motifs is 1. The molecular formula is C38H36F20N2O2S2. The second kappa shape index (κ2) is 19.3. The van der Waals surface area contributed by atoms with Crippen molar-refractivity contribution in [2.75, 3.05) is 13.1 Å². The number of carbonyl (C=O) groups is 2. The fourth-order valence-corrected chi connectivity index (χ4v) is 8.84. The van der Waals surface area contributed by atoms with Gasteiger partial charge in [-0.3, -0.25) is 9.59 Å². The maximum Gasteiger partial charge on any atom is 0.453 e. The molecule has 362 valence electrons. The molecule has 0 saturated carbocycles. The van der Waals surface area contributed by atoms with E-state index in [0.717, 1.165) is 32.5 Å². The molecule has 4 nitrogen and oxygen atoms in total. The topological polar surface area (TPSA) is 40.6 Å². The molecule has 0 N–H and O–H groups in total.